The fourth-order valence-corrected chi connectivity index (χ4v) is 2.42. The highest BCUT2D eigenvalue weighted by atomic mass is 16.1. The number of carbonyl (C=O) groups is 1. The molecule has 0 bridgehead atoms. The Morgan fingerprint density at radius 2 is 1.95 bits per heavy atom. The Kier molecular flexibility index (Phi) is 3.96. The van der Waals surface area contributed by atoms with Gasteiger partial charge in [-0.05, 0) is 24.1 Å². The molecule has 1 aromatic heterocycles. The van der Waals surface area contributed by atoms with Crippen LogP contribution in [0.15, 0.2) is 55.0 Å². The molecule has 0 saturated heterocycles. The Balaban J connectivity index is 1.82. The Bertz CT molecular complexity index is 802. The van der Waals surface area contributed by atoms with Gasteiger partial charge >= 0.3 is 0 Å². The van der Waals surface area contributed by atoms with Crippen LogP contribution >= 0.6 is 0 Å². The number of nitrogens with one attached hydrogen (secondary N) is 1. The molecule has 0 unspecified atom stereocenters. The molecule has 1 heterocycles. The van der Waals surface area contributed by atoms with Gasteiger partial charge in [0.1, 0.15) is 6.33 Å². The first-order valence-corrected chi connectivity index (χ1v) is 7.06. The predicted octanol–water partition coefficient (Wildman–Crippen LogP) is 2.38. The van der Waals surface area contributed by atoms with Gasteiger partial charge in [0.2, 0.25) is 0 Å². The molecule has 5 heteroatoms. The van der Waals surface area contributed by atoms with Crippen molar-refractivity contribution in [1.29, 1.82) is 0 Å². The maximum atomic E-state index is 11.5. The smallest absolute Gasteiger partial charge is 0.250 e. The maximum absolute atomic E-state index is 11.5. The second-order valence-electron chi connectivity index (χ2n) is 4.97. The fourth-order valence-electron chi connectivity index (χ4n) is 2.42. The van der Waals surface area contributed by atoms with Crippen molar-refractivity contribution in [2.75, 3.05) is 11.9 Å². The number of fused-ring (bicyclic) bond motifs is 1. The van der Waals surface area contributed by atoms with Crippen molar-refractivity contribution >= 4 is 22.5 Å². The van der Waals surface area contributed by atoms with E-state index in [4.69, 9.17) is 5.73 Å². The van der Waals surface area contributed by atoms with Crippen LogP contribution in [-0.4, -0.2) is 22.4 Å². The summed E-state index contributed by atoms with van der Waals surface area (Å²) in [6, 6.07) is 13.8. The molecule has 1 amide bonds. The minimum Gasteiger partial charge on any atom is -0.384 e. The number of nitrogens with two attached hydrogens (primary N) is 1. The molecule has 110 valence electrons. The molecule has 0 radical (unpaired) electrons. The van der Waals surface area contributed by atoms with Crippen LogP contribution < -0.4 is 11.1 Å². The highest BCUT2D eigenvalue weighted by Gasteiger charge is 2.10. The molecule has 0 spiro atoms. The molecule has 0 saturated carbocycles. The first-order valence-electron chi connectivity index (χ1n) is 7.06. The number of anilines is 1. The van der Waals surface area contributed by atoms with Crippen LogP contribution in [0.4, 0.5) is 5.69 Å². The van der Waals surface area contributed by atoms with Crippen molar-refractivity contribution in [2.45, 2.75) is 6.42 Å². The maximum Gasteiger partial charge on any atom is 0.250 e. The summed E-state index contributed by atoms with van der Waals surface area (Å²) in [6.07, 6.45) is 4.02. The predicted molar refractivity (Wildman–Crippen MR) is 86.7 cm³/mol. The summed E-state index contributed by atoms with van der Waals surface area (Å²) >= 11 is 0. The summed E-state index contributed by atoms with van der Waals surface area (Å²) in [5, 5.41) is 4.17. The largest absolute Gasteiger partial charge is 0.384 e. The van der Waals surface area contributed by atoms with Crippen molar-refractivity contribution < 1.29 is 4.79 Å². The number of rotatable bonds is 5. The topological polar surface area (TPSA) is 80.9 Å². The summed E-state index contributed by atoms with van der Waals surface area (Å²) < 4.78 is 0. The second-order valence-corrected chi connectivity index (χ2v) is 4.97. The minimum atomic E-state index is -0.487. The van der Waals surface area contributed by atoms with Crippen molar-refractivity contribution in [3.63, 3.8) is 0 Å². The van der Waals surface area contributed by atoms with Crippen LogP contribution in [0.1, 0.15) is 15.9 Å². The van der Waals surface area contributed by atoms with Crippen molar-refractivity contribution in [2.24, 2.45) is 5.73 Å². The summed E-state index contributed by atoms with van der Waals surface area (Å²) in [7, 11) is 0. The standard InChI is InChI=1S/C17H16N4O/c18-17(22)13-6-7-15(14-10-19-11-21-16(13)14)20-9-8-12-4-2-1-3-5-12/h1-7,10-11,20H,8-9H2,(H2,18,22). The Hall–Kier alpha value is -2.95. The van der Waals surface area contributed by atoms with Gasteiger partial charge in [-0.2, -0.15) is 0 Å². The molecule has 0 atom stereocenters. The van der Waals surface area contributed by atoms with Gasteiger partial charge in [0, 0.05) is 23.8 Å². The third-order valence-electron chi connectivity index (χ3n) is 3.51. The van der Waals surface area contributed by atoms with E-state index < -0.39 is 5.91 Å². The number of benzene rings is 2. The molecular weight excluding hydrogens is 276 g/mol. The summed E-state index contributed by atoms with van der Waals surface area (Å²) in [4.78, 5) is 19.7. The number of primary amides is 1. The monoisotopic (exact) mass is 292 g/mol. The number of hydrogen-bond donors (Lipinski definition) is 2. The van der Waals surface area contributed by atoms with Gasteiger partial charge in [0.05, 0.1) is 11.1 Å². The molecule has 3 rings (SSSR count). The van der Waals surface area contributed by atoms with Gasteiger partial charge in [-0.3, -0.25) is 4.79 Å². The van der Waals surface area contributed by atoms with Crippen LogP contribution in [0.25, 0.3) is 10.9 Å². The van der Waals surface area contributed by atoms with Gasteiger partial charge in [0.25, 0.3) is 5.91 Å². The van der Waals surface area contributed by atoms with E-state index in [0.29, 0.717) is 11.1 Å². The van der Waals surface area contributed by atoms with Crippen LogP contribution in [-0.2, 0) is 6.42 Å². The van der Waals surface area contributed by atoms with Gasteiger partial charge in [-0.1, -0.05) is 30.3 Å². The first kappa shape index (κ1) is 14.0. The third kappa shape index (κ3) is 2.88. The van der Waals surface area contributed by atoms with E-state index >= 15 is 0 Å². The van der Waals surface area contributed by atoms with E-state index in [1.165, 1.54) is 11.9 Å². The molecule has 3 aromatic rings. The SMILES string of the molecule is NC(=O)c1ccc(NCCc2ccccc2)c2cncnc12. The van der Waals surface area contributed by atoms with E-state index in [2.05, 4.69) is 27.4 Å². The number of carbonyl (C=O) groups excluding carboxylic acids is 1. The highest BCUT2D eigenvalue weighted by molar-refractivity contribution is 6.07. The number of nitrogens with zero attached hydrogens (tertiary/aromatic N) is 2. The molecule has 0 aliphatic carbocycles. The van der Waals surface area contributed by atoms with Crippen LogP contribution in [0.3, 0.4) is 0 Å². The summed E-state index contributed by atoms with van der Waals surface area (Å²) in [5.41, 5.74) is 8.54. The van der Waals surface area contributed by atoms with Crippen LogP contribution in [0.2, 0.25) is 0 Å². The minimum absolute atomic E-state index is 0.408. The van der Waals surface area contributed by atoms with Crippen LogP contribution in [0.5, 0.6) is 0 Å². The highest BCUT2D eigenvalue weighted by Crippen LogP contribution is 2.24. The fraction of sp³-hybridized carbons (Fsp3) is 0.118. The molecule has 0 aliphatic rings. The molecule has 5 nitrogen and oxygen atoms in total. The van der Waals surface area contributed by atoms with Gasteiger partial charge in [-0.25, -0.2) is 9.97 Å². The first-order chi connectivity index (χ1) is 10.8. The third-order valence-corrected chi connectivity index (χ3v) is 3.51. The zero-order chi connectivity index (χ0) is 15.4. The zero-order valence-electron chi connectivity index (χ0n) is 12.0. The Morgan fingerprint density at radius 3 is 2.73 bits per heavy atom. The number of hydrogen-bond acceptors (Lipinski definition) is 4. The second kappa shape index (κ2) is 6.22. The van der Waals surface area contributed by atoms with E-state index in [0.717, 1.165) is 24.0 Å². The average molecular weight is 292 g/mol. The van der Waals surface area contributed by atoms with Crippen LogP contribution in [0, 0.1) is 0 Å². The molecule has 0 fully saturated rings. The van der Waals surface area contributed by atoms with E-state index in [1.807, 2.05) is 24.3 Å². The summed E-state index contributed by atoms with van der Waals surface area (Å²) in [6.45, 7) is 0.782. The van der Waals surface area contributed by atoms with Gasteiger partial charge in [0.15, 0.2) is 0 Å². The lowest BCUT2D eigenvalue weighted by Gasteiger charge is -2.11. The van der Waals surface area contributed by atoms with E-state index in [9.17, 15) is 4.79 Å². The lowest BCUT2D eigenvalue weighted by atomic mass is 10.1. The van der Waals surface area contributed by atoms with Crippen molar-refractivity contribution in [3.05, 3.63) is 66.1 Å². The number of aromatic nitrogens is 2. The van der Waals surface area contributed by atoms with Crippen molar-refractivity contribution in [1.82, 2.24) is 9.97 Å². The number of amides is 1. The van der Waals surface area contributed by atoms with E-state index in [1.54, 1.807) is 12.3 Å². The normalized spacial score (nSPS) is 10.5. The summed E-state index contributed by atoms with van der Waals surface area (Å²) in [5.74, 6) is -0.487. The quantitative estimate of drug-likeness (QED) is 0.756. The molecule has 3 N–H and O–H groups in total. The Labute approximate surface area is 128 Å². The van der Waals surface area contributed by atoms with Gasteiger partial charge < -0.3 is 11.1 Å². The molecule has 2 aromatic carbocycles. The Morgan fingerprint density at radius 1 is 1.14 bits per heavy atom. The van der Waals surface area contributed by atoms with E-state index in [-0.39, 0.29) is 0 Å². The zero-order valence-corrected chi connectivity index (χ0v) is 12.0. The molecular formula is C17H16N4O. The molecule has 22 heavy (non-hydrogen) atoms. The lowest BCUT2D eigenvalue weighted by molar-refractivity contribution is 0.100. The van der Waals surface area contributed by atoms with Crippen molar-refractivity contribution in [3.8, 4) is 0 Å². The lowest BCUT2D eigenvalue weighted by Crippen LogP contribution is -2.13. The van der Waals surface area contributed by atoms with Gasteiger partial charge in [-0.15, -0.1) is 0 Å². The average Bonchev–Trinajstić information content (AvgIpc) is 2.55. The molecule has 0 aliphatic heterocycles.